The Balaban J connectivity index is 2.01. The zero-order valence-corrected chi connectivity index (χ0v) is 15.1. The quantitative estimate of drug-likeness (QED) is 0.338. The zero-order valence-electron chi connectivity index (χ0n) is 13.0. The topological polar surface area (TPSA) is 0 Å². The summed E-state index contributed by atoms with van der Waals surface area (Å²) < 4.78 is 53.4. The summed E-state index contributed by atoms with van der Waals surface area (Å²) in [6, 6.07) is 8.94. The van der Waals surface area contributed by atoms with Crippen molar-refractivity contribution in [2.45, 2.75) is 44.2 Å². The predicted molar refractivity (Wildman–Crippen MR) is 95.4 cm³/mol. The van der Waals surface area contributed by atoms with Gasteiger partial charge in [0.2, 0.25) is 0 Å². The van der Waals surface area contributed by atoms with E-state index in [1.165, 1.54) is 30.9 Å². The molecule has 2 aromatic rings. The van der Waals surface area contributed by atoms with Crippen LogP contribution in [-0.2, 0) is 6.18 Å². The van der Waals surface area contributed by atoms with Gasteiger partial charge in [-0.25, -0.2) is 4.39 Å². The van der Waals surface area contributed by atoms with E-state index >= 15 is 0 Å². The Morgan fingerprint density at radius 3 is 2.17 bits per heavy atom. The normalized spacial score (nSPS) is 16.4. The lowest BCUT2D eigenvalue weighted by atomic mass is 9.83. The van der Waals surface area contributed by atoms with Crippen LogP contribution < -0.4 is 0 Å². The Labute approximate surface area is 152 Å². The highest BCUT2D eigenvalue weighted by atomic mass is 127. The number of rotatable bonds is 2. The third kappa shape index (κ3) is 3.76. The lowest BCUT2D eigenvalue weighted by Crippen LogP contribution is -2.08. The van der Waals surface area contributed by atoms with E-state index < -0.39 is 17.6 Å². The first-order valence-corrected chi connectivity index (χ1v) is 9.10. The summed E-state index contributed by atoms with van der Waals surface area (Å²) in [6.45, 7) is 0. The highest BCUT2D eigenvalue weighted by Gasteiger charge is 2.34. The number of hydrogen-bond acceptors (Lipinski definition) is 0. The molecule has 0 radical (unpaired) electrons. The third-order valence-electron chi connectivity index (χ3n) is 4.65. The molecule has 5 heteroatoms. The molecule has 0 N–H and O–H groups in total. The first-order chi connectivity index (χ1) is 11.4. The molecule has 1 aliphatic rings. The van der Waals surface area contributed by atoms with Crippen LogP contribution in [0.25, 0.3) is 11.1 Å². The van der Waals surface area contributed by atoms with Gasteiger partial charge < -0.3 is 0 Å². The number of hydrogen-bond donors (Lipinski definition) is 0. The molecule has 1 fully saturated rings. The van der Waals surface area contributed by atoms with E-state index in [2.05, 4.69) is 22.6 Å². The third-order valence-corrected chi connectivity index (χ3v) is 5.63. The number of benzene rings is 2. The average molecular weight is 448 g/mol. The highest BCUT2D eigenvalue weighted by Crippen LogP contribution is 2.38. The zero-order chi connectivity index (χ0) is 17.3. The summed E-state index contributed by atoms with van der Waals surface area (Å²) in [4.78, 5) is 0. The molecule has 1 saturated carbocycles. The SMILES string of the molecule is Fc1ccc(-c2ccc(I)c(C3CCCCC3)c2)cc1C(F)(F)F. The van der Waals surface area contributed by atoms with Crippen LogP contribution >= 0.6 is 22.6 Å². The molecule has 0 atom stereocenters. The molecule has 0 aromatic heterocycles. The minimum atomic E-state index is -4.69. The summed E-state index contributed by atoms with van der Waals surface area (Å²) in [5, 5.41) is 0. The van der Waals surface area contributed by atoms with E-state index in [1.807, 2.05) is 18.2 Å². The number of halogens is 5. The van der Waals surface area contributed by atoms with Crippen LogP contribution in [0.4, 0.5) is 17.6 Å². The van der Waals surface area contributed by atoms with Crippen molar-refractivity contribution in [1.29, 1.82) is 0 Å². The summed E-state index contributed by atoms with van der Waals surface area (Å²) in [5.41, 5.74) is 1.10. The Morgan fingerprint density at radius 1 is 0.875 bits per heavy atom. The Morgan fingerprint density at radius 2 is 1.50 bits per heavy atom. The molecule has 0 spiro atoms. The molecule has 128 valence electrons. The molecule has 0 heterocycles. The van der Waals surface area contributed by atoms with E-state index in [1.54, 1.807) is 0 Å². The maximum absolute atomic E-state index is 13.5. The van der Waals surface area contributed by atoms with Gasteiger partial charge in [-0.3, -0.25) is 0 Å². The lowest BCUT2D eigenvalue weighted by Gasteiger charge is -2.23. The van der Waals surface area contributed by atoms with Crippen LogP contribution in [0, 0.1) is 9.39 Å². The van der Waals surface area contributed by atoms with Crippen molar-refractivity contribution in [3.8, 4) is 11.1 Å². The second-order valence-electron chi connectivity index (χ2n) is 6.26. The van der Waals surface area contributed by atoms with Gasteiger partial charge >= 0.3 is 6.18 Å². The van der Waals surface area contributed by atoms with Crippen molar-refractivity contribution < 1.29 is 17.6 Å². The maximum Gasteiger partial charge on any atom is 0.419 e. The van der Waals surface area contributed by atoms with E-state index in [0.717, 1.165) is 28.5 Å². The van der Waals surface area contributed by atoms with Crippen LogP contribution in [0.2, 0.25) is 0 Å². The largest absolute Gasteiger partial charge is 0.419 e. The smallest absolute Gasteiger partial charge is 0.206 e. The minimum Gasteiger partial charge on any atom is -0.206 e. The predicted octanol–water partition coefficient (Wildman–Crippen LogP) is 7.16. The van der Waals surface area contributed by atoms with E-state index in [0.29, 0.717) is 17.0 Å². The van der Waals surface area contributed by atoms with E-state index in [4.69, 9.17) is 0 Å². The van der Waals surface area contributed by atoms with Gasteiger partial charge in [0, 0.05) is 3.57 Å². The highest BCUT2D eigenvalue weighted by molar-refractivity contribution is 14.1. The molecule has 24 heavy (non-hydrogen) atoms. The molecular weight excluding hydrogens is 431 g/mol. The minimum absolute atomic E-state index is 0.400. The van der Waals surface area contributed by atoms with E-state index in [9.17, 15) is 17.6 Å². The molecule has 1 aliphatic carbocycles. The molecule has 0 aliphatic heterocycles. The Hall–Kier alpha value is -1.11. The van der Waals surface area contributed by atoms with Gasteiger partial charge in [-0.15, -0.1) is 0 Å². The fourth-order valence-electron chi connectivity index (χ4n) is 3.37. The molecule has 0 saturated heterocycles. The lowest BCUT2D eigenvalue weighted by molar-refractivity contribution is -0.139. The van der Waals surface area contributed by atoms with Crippen LogP contribution in [0.5, 0.6) is 0 Å². The van der Waals surface area contributed by atoms with Crippen LogP contribution in [-0.4, -0.2) is 0 Å². The van der Waals surface area contributed by atoms with Crippen molar-refractivity contribution in [3.05, 3.63) is 56.9 Å². The van der Waals surface area contributed by atoms with Gasteiger partial charge in [0.1, 0.15) is 5.82 Å². The van der Waals surface area contributed by atoms with Crippen molar-refractivity contribution in [2.24, 2.45) is 0 Å². The van der Waals surface area contributed by atoms with Gasteiger partial charge in [-0.1, -0.05) is 31.4 Å². The molecule has 0 amide bonds. The fraction of sp³-hybridized carbons (Fsp3) is 0.368. The van der Waals surface area contributed by atoms with Gasteiger partial charge in [0.25, 0.3) is 0 Å². The summed E-state index contributed by atoms with van der Waals surface area (Å²) in [6.07, 6.45) is 1.20. The molecule has 2 aromatic carbocycles. The molecule has 3 rings (SSSR count). The summed E-state index contributed by atoms with van der Waals surface area (Å²) in [5.74, 6) is -0.766. The van der Waals surface area contributed by atoms with Crippen LogP contribution in [0.3, 0.4) is 0 Å². The first-order valence-electron chi connectivity index (χ1n) is 8.03. The van der Waals surface area contributed by atoms with Crippen LogP contribution in [0.15, 0.2) is 36.4 Å². The van der Waals surface area contributed by atoms with Crippen molar-refractivity contribution >= 4 is 22.6 Å². The van der Waals surface area contributed by atoms with Crippen molar-refractivity contribution in [2.75, 3.05) is 0 Å². The van der Waals surface area contributed by atoms with E-state index in [-0.39, 0.29) is 0 Å². The Kier molecular flexibility index (Phi) is 5.18. The fourth-order valence-corrected chi connectivity index (χ4v) is 4.15. The first kappa shape index (κ1) is 17.7. The van der Waals surface area contributed by atoms with Crippen molar-refractivity contribution in [1.82, 2.24) is 0 Å². The summed E-state index contributed by atoms with van der Waals surface area (Å²) in [7, 11) is 0. The Bertz CT molecular complexity index is 731. The van der Waals surface area contributed by atoms with Crippen LogP contribution in [0.1, 0.15) is 49.1 Å². The van der Waals surface area contributed by atoms with Crippen molar-refractivity contribution in [3.63, 3.8) is 0 Å². The molecule has 0 unspecified atom stereocenters. The molecule has 0 bridgehead atoms. The standard InChI is InChI=1S/C19H17F4I/c20-17-8-6-14(11-16(17)19(21,22)23)13-7-9-18(24)15(10-13)12-4-2-1-3-5-12/h6-12H,1-5H2. The molecular formula is C19H17F4I. The average Bonchev–Trinajstić information content (AvgIpc) is 2.55. The summed E-state index contributed by atoms with van der Waals surface area (Å²) >= 11 is 2.28. The molecule has 0 nitrogen and oxygen atoms in total. The van der Waals surface area contributed by atoms with Gasteiger partial charge in [-0.05, 0) is 82.3 Å². The van der Waals surface area contributed by atoms with Gasteiger partial charge in [-0.2, -0.15) is 13.2 Å². The van der Waals surface area contributed by atoms with Gasteiger partial charge in [0.05, 0.1) is 5.56 Å². The van der Waals surface area contributed by atoms with Gasteiger partial charge in [0.15, 0.2) is 0 Å². The number of alkyl halides is 3. The monoisotopic (exact) mass is 448 g/mol. The maximum atomic E-state index is 13.5. The second kappa shape index (κ2) is 7.02. The second-order valence-corrected chi connectivity index (χ2v) is 7.43.